The van der Waals surface area contributed by atoms with Crippen molar-refractivity contribution in [3.63, 3.8) is 0 Å². The van der Waals surface area contributed by atoms with E-state index in [0.29, 0.717) is 16.3 Å². The van der Waals surface area contributed by atoms with Crippen molar-refractivity contribution in [1.29, 1.82) is 5.26 Å². The highest BCUT2D eigenvalue weighted by Crippen LogP contribution is 2.25. The Balaban J connectivity index is 2.10. The summed E-state index contributed by atoms with van der Waals surface area (Å²) >= 11 is 5.94. The van der Waals surface area contributed by atoms with Gasteiger partial charge in [0.1, 0.15) is 17.5 Å². The molecule has 0 atom stereocenters. The van der Waals surface area contributed by atoms with Crippen molar-refractivity contribution < 1.29 is 4.74 Å². The molecule has 3 rings (SSSR count). The Hall–Kier alpha value is -2.88. The Morgan fingerprint density at radius 1 is 1.14 bits per heavy atom. The summed E-state index contributed by atoms with van der Waals surface area (Å²) in [6.45, 7) is 0. The third kappa shape index (κ3) is 2.63. The molecule has 0 saturated carbocycles. The van der Waals surface area contributed by atoms with Crippen molar-refractivity contribution in [3.05, 3.63) is 64.3 Å². The number of rotatable bonds is 1. The van der Waals surface area contributed by atoms with Crippen LogP contribution in [0.2, 0.25) is 5.02 Å². The fourth-order valence-electron chi connectivity index (χ4n) is 2.21. The van der Waals surface area contributed by atoms with Gasteiger partial charge in [0, 0.05) is 22.0 Å². The van der Waals surface area contributed by atoms with E-state index in [9.17, 15) is 5.26 Å². The number of aromatic nitrogens is 1. The van der Waals surface area contributed by atoms with Crippen LogP contribution >= 0.6 is 11.6 Å². The number of H-pyrrole nitrogens is 1. The molecule has 3 nitrogen and oxygen atoms in total. The van der Waals surface area contributed by atoms with Crippen LogP contribution in [0.25, 0.3) is 10.9 Å². The Kier molecular flexibility index (Phi) is 3.74. The van der Waals surface area contributed by atoms with Gasteiger partial charge in [-0.2, -0.15) is 5.26 Å². The number of ether oxygens (including phenoxy) is 1. The van der Waals surface area contributed by atoms with Crippen LogP contribution in [0.4, 0.5) is 0 Å². The van der Waals surface area contributed by atoms with Crippen LogP contribution in [0.15, 0.2) is 42.5 Å². The number of halogens is 1. The Bertz CT molecular complexity index is 955. The molecule has 0 unspecified atom stereocenters. The van der Waals surface area contributed by atoms with E-state index in [1.54, 1.807) is 19.2 Å². The average molecular weight is 307 g/mol. The third-order valence-corrected chi connectivity index (χ3v) is 3.51. The van der Waals surface area contributed by atoms with E-state index in [1.165, 1.54) is 0 Å². The second-order valence-electron chi connectivity index (χ2n) is 4.66. The standard InChI is InChI=1S/C18H11ClN2O/c1-22-14-6-7-15-16(11-20)17(21-18(15)10-14)8-5-12-3-2-4-13(19)9-12/h2-4,6-7,9-10,21H,1H3. The summed E-state index contributed by atoms with van der Waals surface area (Å²) in [6, 6.07) is 15.0. The van der Waals surface area contributed by atoms with E-state index in [-0.39, 0.29) is 0 Å². The Morgan fingerprint density at radius 3 is 2.73 bits per heavy atom. The predicted molar refractivity (Wildman–Crippen MR) is 87.0 cm³/mol. The fraction of sp³-hybridized carbons (Fsp3) is 0.0556. The van der Waals surface area contributed by atoms with E-state index in [2.05, 4.69) is 22.9 Å². The monoisotopic (exact) mass is 306 g/mol. The summed E-state index contributed by atoms with van der Waals surface area (Å²) in [6.07, 6.45) is 0. The minimum absolute atomic E-state index is 0.534. The highest BCUT2D eigenvalue weighted by Gasteiger charge is 2.10. The lowest BCUT2D eigenvalue weighted by molar-refractivity contribution is 0.415. The number of methoxy groups -OCH3 is 1. The van der Waals surface area contributed by atoms with Crippen molar-refractivity contribution in [3.8, 4) is 23.7 Å². The summed E-state index contributed by atoms with van der Waals surface area (Å²) in [5.41, 5.74) is 2.75. The first-order valence-electron chi connectivity index (χ1n) is 6.58. The van der Waals surface area contributed by atoms with Crippen LogP contribution in [0.5, 0.6) is 5.75 Å². The number of fused-ring (bicyclic) bond motifs is 1. The van der Waals surface area contributed by atoms with Gasteiger partial charge in [-0.1, -0.05) is 23.6 Å². The maximum Gasteiger partial charge on any atom is 0.120 e. The molecule has 0 radical (unpaired) electrons. The van der Waals surface area contributed by atoms with Crippen LogP contribution in [-0.4, -0.2) is 12.1 Å². The van der Waals surface area contributed by atoms with Crippen LogP contribution in [0, 0.1) is 23.2 Å². The maximum absolute atomic E-state index is 9.38. The van der Waals surface area contributed by atoms with Gasteiger partial charge >= 0.3 is 0 Å². The van der Waals surface area contributed by atoms with E-state index < -0.39 is 0 Å². The molecule has 1 N–H and O–H groups in total. The number of benzene rings is 2. The minimum Gasteiger partial charge on any atom is -0.497 e. The molecule has 0 amide bonds. The molecule has 22 heavy (non-hydrogen) atoms. The summed E-state index contributed by atoms with van der Waals surface area (Å²) in [5.74, 6) is 6.75. The molecular formula is C18H11ClN2O. The molecule has 2 aromatic carbocycles. The lowest BCUT2D eigenvalue weighted by Crippen LogP contribution is -1.81. The van der Waals surface area contributed by atoms with Crippen molar-refractivity contribution in [2.24, 2.45) is 0 Å². The number of aromatic amines is 1. The van der Waals surface area contributed by atoms with Crippen LogP contribution in [0.1, 0.15) is 16.8 Å². The van der Waals surface area contributed by atoms with E-state index in [0.717, 1.165) is 22.2 Å². The SMILES string of the molecule is COc1ccc2c(C#N)c(C#Cc3cccc(Cl)c3)[nH]c2c1. The summed E-state index contributed by atoms with van der Waals surface area (Å²) < 4.78 is 5.19. The van der Waals surface area contributed by atoms with E-state index >= 15 is 0 Å². The fourth-order valence-corrected chi connectivity index (χ4v) is 2.40. The predicted octanol–water partition coefficient (Wildman–Crippen LogP) is 4.10. The first kappa shape index (κ1) is 14.1. The van der Waals surface area contributed by atoms with Crippen molar-refractivity contribution >= 4 is 22.5 Å². The van der Waals surface area contributed by atoms with Crippen LogP contribution in [0.3, 0.4) is 0 Å². The van der Waals surface area contributed by atoms with Gasteiger partial charge in [0.15, 0.2) is 0 Å². The summed E-state index contributed by atoms with van der Waals surface area (Å²) in [4.78, 5) is 3.17. The molecule has 0 fully saturated rings. The molecule has 0 aliphatic heterocycles. The second-order valence-corrected chi connectivity index (χ2v) is 5.10. The molecule has 0 bridgehead atoms. The molecule has 3 aromatic rings. The molecular weight excluding hydrogens is 296 g/mol. The molecule has 106 valence electrons. The maximum atomic E-state index is 9.38. The highest BCUT2D eigenvalue weighted by atomic mass is 35.5. The lowest BCUT2D eigenvalue weighted by Gasteiger charge is -1.97. The van der Waals surface area contributed by atoms with E-state index in [1.807, 2.05) is 30.3 Å². The largest absolute Gasteiger partial charge is 0.497 e. The quantitative estimate of drug-likeness (QED) is 0.688. The molecule has 1 aromatic heterocycles. The first-order chi connectivity index (χ1) is 10.7. The third-order valence-electron chi connectivity index (χ3n) is 3.27. The first-order valence-corrected chi connectivity index (χ1v) is 6.96. The number of nitrogens with one attached hydrogen (secondary N) is 1. The van der Waals surface area contributed by atoms with Gasteiger partial charge in [0.25, 0.3) is 0 Å². The molecule has 4 heteroatoms. The number of hydrogen-bond donors (Lipinski definition) is 1. The molecule has 0 aliphatic carbocycles. The van der Waals surface area contributed by atoms with Crippen LogP contribution in [-0.2, 0) is 0 Å². The topological polar surface area (TPSA) is 48.8 Å². The molecule has 0 aliphatic rings. The zero-order valence-corrected chi connectivity index (χ0v) is 12.5. The van der Waals surface area contributed by atoms with Gasteiger partial charge in [0.2, 0.25) is 0 Å². The normalized spacial score (nSPS) is 9.86. The Labute approximate surface area is 133 Å². The zero-order chi connectivity index (χ0) is 15.5. The molecule has 0 spiro atoms. The van der Waals surface area contributed by atoms with Gasteiger partial charge < -0.3 is 9.72 Å². The van der Waals surface area contributed by atoms with E-state index in [4.69, 9.17) is 16.3 Å². The van der Waals surface area contributed by atoms with Gasteiger partial charge in [0.05, 0.1) is 18.2 Å². The Morgan fingerprint density at radius 2 is 2.00 bits per heavy atom. The van der Waals surface area contributed by atoms with Crippen molar-refractivity contribution in [1.82, 2.24) is 4.98 Å². The molecule has 1 heterocycles. The van der Waals surface area contributed by atoms with Gasteiger partial charge in [-0.3, -0.25) is 0 Å². The van der Waals surface area contributed by atoms with Gasteiger partial charge in [-0.15, -0.1) is 0 Å². The summed E-state index contributed by atoms with van der Waals surface area (Å²) in [7, 11) is 1.61. The average Bonchev–Trinajstić information content (AvgIpc) is 2.89. The molecule has 0 saturated heterocycles. The zero-order valence-electron chi connectivity index (χ0n) is 11.8. The summed E-state index contributed by atoms with van der Waals surface area (Å²) in [5, 5.41) is 10.8. The van der Waals surface area contributed by atoms with Crippen molar-refractivity contribution in [2.45, 2.75) is 0 Å². The van der Waals surface area contributed by atoms with Crippen LogP contribution < -0.4 is 4.74 Å². The number of hydrogen-bond acceptors (Lipinski definition) is 2. The number of nitrogens with zero attached hydrogens (tertiary/aromatic N) is 1. The number of nitriles is 1. The minimum atomic E-state index is 0.534. The van der Waals surface area contributed by atoms with Crippen molar-refractivity contribution in [2.75, 3.05) is 7.11 Å². The second kappa shape index (κ2) is 5.85. The highest BCUT2D eigenvalue weighted by molar-refractivity contribution is 6.30. The van der Waals surface area contributed by atoms with Gasteiger partial charge in [-0.25, -0.2) is 0 Å². The lowest BCUT2D eigenvalue weighted by atomic mass is 10.1. The smallest absolute Gasteiger partial charge is 0.120 e. The van der Waals surface area contributed by atoms with Gasteiger partial charge in [-0.05, 0) is 36.3 Å².